The summed E-state index contributed by atoms with van der Waals surface area (Å²) < 4.78 is 3.86. The fraction of sp³-hybridized carbons (Fsp3) is 0.727. The number of hydrogen-bond donors (Lipinski definition) is 1. The molecule has 1 aliphatic carbocycles. The van der Waals surface area contributed by atoms with E-state index in [1.165, 1.54) is 0 Å². The van der Waals surface area contributed by atoms with Gasteiger partial charge in [0.05, 0.1) is 11.2 Å². The summed E-state index contributed by atoms with van der Waals surface area (Å²) in [5.41, 5.74) is 0.577. The van der Waals surface area contributed by atoms with Crippen molar-refractivity contribution in [3.05, 3.63) is 10.6 Å². The average molecular weight is 274 g/mol. The lowest BCUT2D eigenvalue weighted by Crippen LogP contribution is -2.55. The van der Waals surface area contributed by atoms with Crippen LogP contribution in [0.2, 0.25) is 0 Å². The number of carbonyl (C=O) groups is 1. The first kappa shape index (κ1) is 12.8. The van der Waals surface area contributed by atoms with Crippen LogP contribution in [0.5, 0.6) is 0 Å². The Morgan fingerprint density at radius 3 is 2.76 bits per heavy atom. The summed E-state index contributed by atoms with van der Waals surface area (Å²) in [6, 6.07) is 0. The van der Waals surface area contributed by atoms with Crippen molar-refractivity contribution in [2.24, 2.45) is 0 Å². The molecule has 1 aromatic heterocycles. The van der Waals surface area contributed by atoms with Crippen LogP contribution in [-0.2, 0) is 0 Å². The molecule has 1 aliphatic rings. The van der Waals surface area contributed by atoms with Crippen LogP contribution in [0.3, 0.4) is 0 Å². The Labute approximate surface area is 110 Å². The number of rotatable bonds is 4. The van der Waals surface area contributed by atoms with E-state index in [2.05, 4.69) is 14.9 Å². The minimum atomic E-state index is -0.198. The van der Waals surface area contributed by atoms with Crippen molar-refractivity contribution in [3.63, 3.8) is 0 Å². The van der Waals surface area contributed by atoms with Gasteiger partial charge >= 0.3 is 0 Å². The van der Waals surface area contributed by atoms with Gasteiger partial charge in [-0.25, -0.2) is 0 Å². The zero-order valence-corrected chi connectivity index (χ0v) is 11.6. The van der Waals surface area contributed by atoms with Gasteiger partial charge in [0.25, 0.3) is 5.91 Å². The van der Waals surface area contributed by atoms with E-state index >= 15 is 0 Å². The third-order valence-electron chi connectivity index (χ3n) is 3.21. The molecule has 0 aliphatic heterocycles. The highest BCUT2D eigenvalue weighted by Crippen LogP contribution is 2.33. The molecule has 0 unspecified atom stereocenters. The van der Waals surface area contributed by atoms with Crippen molar-refractivity contribution < 1.29 is 4.79 Å². The molecule has 0 bridgehead atoms. The van der Waals surface area contributed by atoms with Gasteiger partial charge in [-0.05, 0) is 36.7 Å². The third kappa shape index (κ3) is 2.45. The van der Waals surface area contributed by atoms with E-state index in [-0.39, 0.29) is 17.4 Å². The fourth-order valence-corrected chi connectivity index (χ4v) is 2.97. The molecule has 4 nitrogen and oxygen atoms in total. The molecule has 1 aromatic rings. The second-order valence-corrected chi connectivity index (χ2v) is 5.89. The van der Waals surface area contributed by atoms with E-state index in [0.29, 0.717) is 10.8 Å². The zero-order valence-electron chi connectivity index (χ0n) is 9.99. The van der Waals surface area contributed by atoms with Gasteiger partial charge in [-0.1, -0.05) is 18.3 Å². The number of aromatic nitrogens is 2. The molecular weight excluding hydrogens is 258 g/mol. The molecule has 1 N–H and O–H groups in total. The number of hydrogen-bond acceptors (Lipinski definition) is 4. The zero-order chi connectivity index (χ0) is 12.5. The van der Waals surface area contributed by atoms with Crippen LogP contribution < -0.4 is 5.32 Å². The average Bonchev–Trinajstić information content (AvgIpc) is 2.72. The highest BCUT2D eigenvalue weighted by atomic mass is 35.5. The van der Waals surface area contributed by atoms with Crippen molar-refractivity contribution in [2.45, 2.75) is 44.6 Å². The number of nitrogens with one attached hydrogen (secondary N) is 1. The molecule has 1 amide bonds. The number of carbonyl (C=O) groups excluding carboxylic acids is 1. The van der Waals surface area contributed by atoms with Gasteiger partial charge in [0, 0.05) is 5.88 Å². The quantitative estimate of drug-likeness (QED) is 0.858. The smallest absolute Gasteiger partial charge is 0.265 e. The minimum Gasteiger partial charge on any atom is -0.345 e. The third-order valence-corrected chi connectivity index (χ3v) is 4.46. The summed E-state index contributed by atoms with van der Waals surface area (Å²) in [7, 11) is 0. The molecule has 94 valence electrons. The van der Waals surface area contributed by atoms with Gasteiger partial charge in [0.15, 0.2) is 0 Å². The standard InChI is InChI=1S/C11H16ClN3OS/c1-7(2)8-9(17-15-14-8)10(16)13-11(6-12)4-3-5-11/h7H,3-6H2,1-2H3,(H,13,16). The molecule has 2 rings (SSSR count). The van der Waals surface area contributed by atoms with E-state index < -0.39 is 0 Å². The molecule has 17 heavy (non-hydrogen) atoms. The summed E-state index contributed by atoms with van der Waals surface area (Å²) >= 11 is 7.08. The summed E-state index contributed by atoms with van der Waals surface area (Å²) in [5, 5.41) is 7.05. The molecule has 0 spiro atoms. The Morgan fingerprint density at radius 1 is 1.59 bits per heavy atom. The first-order chi connectivity index (χ1) is 8.08. The number of nitrogens with zero attached hydrogens (tertiary/aromatic N) is 2. The normalized spacial score (nSPS) is 17.9. The SMILES string of the molecule is CC(C)c1nnsc1C(=O)NC1(CCl)CCC1. The molecular formula is C11H16ClN3OS. The maximum Gasteiger partial charge on any atom is 0.265 e. The predicted octanol–water partition coefficient (Wildman–Crippen LogP) is 2.55. The van der Waals surface area contributed by atoms with Gasteiger partial charge in [-0.15, -0.1) is 16.7 Å². The van der Waals surface area contributed by atoms with Crippen molar-refractivity contribution in [2.75, 3.05) is 5.88 Å². The summed E-state index contributed by atoms with van der Waals surface area (Å²) in [5.74, 6) is 0.606. The summed E-state index contributed by atoms with van der Waals surface area (Å²) in [4.78, 5) is 12.8. The van der Waals surface area contributed by atoms with Crippen molar-refractivity contribution in [1.82, 2.24) is 14.9 Å². The summed E-state index contributed by atoms with van der Waals surface area (Å²) in [6.45, 7) is 4.02. The Bertz CT molecular complexity index is 409. The topological polar surface area (TPSA) is 54.9 Å². The van der Waals surface area contributed by atoms with E-state index in [1.807, 2.05) is 13.8 Å². The van der Waals surface area contributed by atoms with Crippen LogP contribution in [0.25, 0.3) is 0 Å². The molecule has 0 aromatic carbocycles. The molecule has 0 saturated heterocycles. The van der Waals surface area contributed by atoms with Gasteiger partial charge in [0.1, 0.15) is 4.88 Å². The molecule has 1 saturated carbocycles. The fourth-order valence-electron chi connectivity index (χ4n) is 1.93. The lowest BCUT2D eigenvalue weighted by atomic mass is 9.78. The van der Waals surface area contributed by atoms with E-state index in [4.69, 9.17) is 11.6 Å². The van der Waals surface area contributed by atoms with Crippen LogP contribution in [0.1, 0.15) is 54.4 Å². The number of alkyl halides is 1. The monoisotopic (exact) mass is 273 g/mol. The Balaban J connectivity index is 2.12. The largest absolute Gasteiger partial charge is 0.345 e. The van der Waals surface area contributed by atoms with E-state index in [9.17, 15) is 4.79 Å². The van der Waals surface area contributed by atoms with Crippen molar-refractivity contribution in [1.29, 1.82) is 0 Å². The maximum absolute atomic E-state index is 12.2. The lowest BCUT2D eigenvalue weighted by Gasteiger charge is -2.40. The van der Waals surface area contributed by atoms with Gasteiger partial charge in [-0.3, -0.25) is 4.79 Å². The number of halogens is 1. The maximum atomic E-state index is 12.2. The van der Waals surface area contributed by atoms with Gasteiger partial charge in [-0.2, -0.15) is 0 Å². The van der Waals surface area contributed by atoms with Crippen molar-refractivity contribution >= 4 is 29.0 Å². The summed E-state index contributed by atoms with van der Waals surface area (Å²) in [6.07, 6.45) is 3.06. The van der Waals surface area contributed by atoms with Gasteiger partial charge in [0.2, 0.25) is 0 Å². The minimum absolute atomic E-state index is 0.0796. The molecule has 1 fully saturated rings. The molecule has 1 heterocycles. The second kappa shape index (κ2) is 4.90. The molecule has 0 atom stereocenters. The first-order valence-corrected chi connectivity index (χ1v) is 7.09. The first-order valence-electron chi connectivity index (χ1n) is 5.79. The predicted molar refractivity (Wildman–Crippen MR) is 68.8 cm³/mol. The Hall–Kier alpha value is -0.680. The second-order valence-electron chi connectivity index (χ2n) is 4.86. The molecule has 0 radical (unpaired) electrons. The van der Waals surface area contributed by atoms with Gasteiger partial charge < -0.3 is 5.32 Å². The van der Waals surface area contributed by atoms with E-state index in [0.717, 1.165) is 36.5 Å². The van der Waals surface area contributed by atoms with E-state index in [1.54, 1.807) is 0 Å². The van der Waals surface area contributed by atoms with Crippen LogP contribution >= 0.6 is 23.1 Å². The lowest BCUT2D eigenvalue weighted by molar-refractivity contribution is 0.0856. The van der Waals surface area contributed by atoms with Crippen LogP contribution in [0.15, 0.2) is 0 Å². The molecule has 6 heteroatoms. The Morgan fingerprint density at radius 2 is 2.29 bits per heavy atom. The number of amides is 1. The highest BCUT2D eigenvalue weighted by molar-refractivity contribution is 7.08. The van der Waals surface area contributed by atoms with Crippen LogP contribution in [-0.4, -0.2) is 26.9 Å². The highest BCUT2D eigenvalue weighted by Gasteiger charge is 2.38. The van der Waals surface area contributed by atoms with Crippen LogP contribution in [0, 0.1) is 0 Å². The van der Waals surface area contributed by atoms with Crippen molar-refractivity contribution in [3.8, 4) is 0 Å². The Kier molecular flexibility index (Phi) is 3.68. The van der Waals surface area contributed by atoms with Crippen LogP contribution in [0.4, 0.5) is 0 Å².